The number of nitrogens with zero attached hydrogens (tertiary/aromatic N) is 9. The van der Waals surface area contributed by atoms with Crippen LogP contribution in [0.4, 0.5) is 5.95 Å². The number of nitriles is 1. The van der Waals surface area contributed by atoms with Crippen LogP contribution in [0.5, 0.6) is 5.75 Å². The number of nitrogens with one attached hydrogen (secondary N) is 1. The quantitative estimate of drug-likeness (QED) is 0.111. The maximum atomic E-state index is 13.5. The molecule has 0 radical (unpaired) electrons. The molecule has 66 heavy (non-hydrogen) atoms. The van der Waals surface area contributed by atoms with E-state index in [1.807, 2.05) is 31.3 Å². The van der Waals surface area contributed by atoms with Gasteiger partial charge < -0.3 is 19.7 Å². The van der Waals surface area contributed by atoms with Crippen molar-refractivity contribution in [2.24, 2.45) is 15.8 Å². The average Bonchev–Trinajstić information content (AvgIpc) is 3.80. The number of halogens is 1. The summed E-state index contributed by atoms with van der Waals surface area (Å²) in [4.78, 5) is 36.2. The number of ether oxygens (including phenoxy) is 2. The lowest BCUT2D eigenvalue weighted by atomic mass is 9.49. The number of thiophene rings is 1. The molecule has 6 heterocycles. The van der Waals surface area contributed by atoms with Crippen molar-refractivity contribution in [3.05, 3.63) is 140 Å². The van der Waals surface area contributed by atoms with Gasteiger partial charge in [-0.1, -0.05) is 69.6 Å². The van der Waals surface area contributed by atoms with Crippen molar-refractivity contribution in [3.8, 4) is 16.8 Å². The number of piperidine rings is 1. The second-order valence-corrected chi connectivity index (χ2v) is 20.5. The lowest BCUT2D eigenvalue weighted by molar-refractivity contribution is -0.164. The third kappa shape index (κ3) is 8.72. The zero-order chi connectivity index (χ0) is 46.3. The lowest BCUT2D eigenvalue weighted by Gasteiger charge is -2.63. The van der Waals surface area contributed by atoms with E-state index in [1.165, 1.54) is 16.0 Å². The zero-order valence-electron chi connectivity index (χ0n) is 38.5. The number of aryl methyl sites for hydroxylation is 3. The predicted octanol–water partition coefficient (Wildman–Crippen LogP) is 9.33. The van der Waals surface area contributed by atoms with Gasteiger partial charge in [-0.15, -0.1) is 21.5 Å². The first-order chi connectivity index (χ1) is 31.7. The van der Waals surface area contributed by atoms with Gasteiger partial charge in [0.1, 0.15) is 34.8 Å². The molecule has 340 valence electrons. The molecular weight excluding hydrogens is 868 g/mol. The smallest absolute Gasteiger partial charge is 0.254 e. The van der Waals surface area contributed by atoms with Crippen LogP contribution in [-0.4, -0.2) is 79.3 Å². The molecule has 0 bridgehead atoms. The number of anilines is 1. The fourth-order valence-corrected chi connectivity index (χ4v) is 11.7. The molecule has 2 aliphatic heterocycles. The summed E-state index contributed by atoms with van der Waals surface area (Å²) in [6.07, 6.45) is 9.26. The molecule has 1 saturated heterocycles. The Morgan fingerprint density at radius 1 is 0.970 bits per heavy atom. The van der Waals surface area contributed by atoms with Crippen LogP contribution in [0.15, 0.2) is 84.2 Å². The van der Waals surface area contributed by atoms with E-state index in [0.717, 1.165) is 78.0 Å². The van der Waals surface area contributed by atoms with E-state index in [4.69, 9.17) is 26.1 Å². The second kappa shape index (κ2) is 18.3. The van der Waals surface area contributed by atoms with Crippen LogP contribution in [0.2, 0.25) is 5.02 Å². The number of hydrogen-bond acceptors (Lipinski definition) is 12. The van der Waals surface area contributed by atoms with Gasteiger partial charge in [-0.05, 0) is 81.8 Å². The molecule has 0 unspecified atom stereocenters. The Morgan fingerprint density at radius 2 is 1.71 bits per heavy atom. The summed E-state index contributed by atoms with van der Waals surface area (Å²) >= 11 is 8.03. The van der Waals surface area contributed by atoms with E-state index in [2.05, 4.69) is 112 Å². The minimum Gasteiger partial charge on any atom is -0.489 e. The molecule has 9 rings (SSSR count). The van der Waals surface area contributed by atoms with Crippen LogP contribution in [0.1, 0.15) is 113 Å². The molecule has 1 saturated carbocycles. The summed E-state index contributed by atoms with van der Waals surface area (Å²) in [5.41, 5.74) is 6.73. The summed E-state index contributed by atoms with van der Waals surface area (Å²) in [5.74, 6) is 2.68. The topological polar surface area (TPSA) is 156 Å². The number of fused-ring (bicyclic) bond motifs is 3. The average molecular weight is 924 g/mol. The van der Waals surface area contributed by atoms with Gasteiger partial charge in [0.15, 0.2) is 5.82 Å². The summed E-state index contributed by atoms with van der Waals surface area (Å²) in [7, 11) is 0. The Balaban J connectivity index is 0.754. The molecule has 4 aromatic heterocycles. The molecule has 1 aliphatic carbocycles. The van der Waals surface area contributed by atoms with Crippen LogP contribution in [-0.2, 0) is 17.6 Å². The van der Waals surface area contributed by atoms with E-state index in [9.17, 15) is 10.1 Å². The summed E-state index contributed by atoms with van der Waals surface area (Å²) < 4.78 is 15.0. The van der Waals surface area contributed by atoms with Crippen molar-refractivity contribution in [1.82, 2.24) is 35.0 Å². The number of carbonyl (C=O) groups is 1. The van der Waals surface area contributed by atoms with Crippen molar-refractivity contribution in [3.63, 3.8) is 0 Å². The SMILES string of the molecule is Cc1sc2c(c1C)C(c1ccc(CCCOC3CCN(c4ncc(C(=O)NC5C(C)(C)C(Oc6ccc(C#N)c(Cl)c6)C5(C)C)cn4)CC3)cc1)=N[C@@H](Cc1ccccn1)c1nnc(C)n1-2. The minimum absolute atomic E-state index is 0.167. The Labute approximate surface area is 395 Å². The van der Waals surface area contributed by atoms with Gasteiger partial charge in [0.2, 0.25) is 5.95 Å². The highest BCUT2D eigenvalue weighted by atomic mass is 35.5. The molecule has 1 atom stereocenters. The van der Waals surface area contributed by atoms with Crippen molar-refractivity contribution in [2.45, 2.75) is 105 Å². The number of pyridine rings is 1. The highest BCUT2D eigenvalue weighted by molar-refractivity contribution is 7.15. The first kappa shape index (κ1) is 45.2. The molecule has 2 fully saturated rings. The van der Waals surface area contributed by atoms with Crippen molar-refractivity contribution in [2.75, 3.05) is 24.6 Å². The van der Waals surface area contributed by atoms with Gasteiger partial charge in [0.25, 0.3) is 5.91 Å². The highest BCUT2D eigenvalue weighted by Crippen LogP contribution is 2.55. The second-order valence-electron chi connectivity index (χ2n) is 18.9. The molecule has 1 N–H and O–H groups in total. The van der Waals surface area contributed by atoms with E-state index in [0.29, 0.717) is 40.9 Å². The zero-order valence-corrected chi connectivity index (χ0v) is 40.1. The number of amides is 1. The van der Waals surface area contributed by atoms with Crippen molar-refractivity contribution < 1.29 is 14.3 Å². The standard InChI is InChI=1S/C51H55ClN10O3S/c1-30-31(2)66-46-42(30)43(57-41(25-37-12-8-9-21-54-37)44-60-59-32(3)62(44)46)34-15-13-33(14-16-34)11-10-24-64-38-19-22-61(23-20-38)49-55-28-36(29-56-49)45(63)58-47-50(4,5)48(51(47,6)7)65-39-18-17-35(27-53)40(52)26-39/h8-9,12-18,21,26,28-29,38,41,47-48H,10-11,19-20,22-25H2,1-7H3,(H,58,63)/t41-,47?,48?/m0/s1. The Kier molecular flexibility index (Phi) is 12.6. The molecule has 2 aromatic carbocycles. The largest absolute Gasteiger partial charge is 0.489 e. The Hall–Kier alpha value is -6.01. The van der Waals surface area contributed by atoms with Crippen LogP contribution in [0, 0.1) is 42.9 Å². The maximum absolute atomic E-state index is 13.5. The first-order valence-electron chi connectivity index (χ1n) is 22.7. The van der Waals surface area contributed by atoms with Gasteiger partial charge in [0, 0.05) is 89.3 Å². The van der Waals surface area contributed by atoms with Crippen LogP contribution < -0.4 is 15.0 Å². The summed E-state index contributed by atoms with van der Waals surface area (Å²) in [5, 5.41) is 23.1. The van der Waals surface area contributed by atoms with E-state index >= 15 is 0 Å². The predicted molar refractivity (Wildman–Crippen MR) is 257 cm³/mol. The number of aliphatic imine (C=N–C) groups is 1. The first-order valence-corrected chi connectivity index (χ1v) is 23.9. The lowest BCUT2D eigenvalue weighted by Crippen LogP contribution is -2.74. The van der Waals surface area contributed by atoms with Gasteiger partial charge in [0.05, 0.1) is 28.0 Å². The van der Waals surface area contributed by atoms with Crippen molar-refractivity contribution >= 4 is 40.5 Å². The number of benzene rings is 2. The molecule has 6 aromatic rings. The summed E-state index contributed by atoms with van der Waals surface area (Å²) in [6.45, 7) is 16.9. The number of rotatable bonds is 13. The van der Waals surface area contributed by atoms with Crippen LogP contribution >= 0.6 is 22.9 Å². The van der Waals surface area contributed by atoms with E-state index < -0.39 is 0 Å². The third-order valence-corrected chi connectivity index (χ3v) is 15.1. The fourth-order valence-electron chi connectivity index (χ4n) is 10.2. The van der Waals surface area contributed by atoms with Crippen LogP contribution in [0.25, 0.3) is 5.00 Å². The Morgan fingerprint density at radius 3 is 2.39 bits per heavy atom. The third-order valence-electron chi connectivity index (χ3n) is 13.6. The normalized spacial score (nSPS) is 19.7. The molecular formula is C51H55ClN10O3S. The number of carbonyl (C=O) groups excluding carboxylic acids is 1. The monoisotopic (exact) mass is 922 g/mol. The highest BCUT2D eigenvalue weighted by Gasteiger charge is 2.64. The van der Waals surface area contributed by atoms with E-state index in [-0.39, 0.29) is 41.0 Å². The molecule has 13 nitrogen and oxygen atoms in total. The van der Waals surface area contributed by atoms with Crippen molar-refractivity contribution in [1.29, 1.82) is 5.26 Å². The molecule has 15 heteroatoms. The van der Waals surface area contributed by atoms with Gasteiger partial charge in [-0.2, -0.15) is 5.26 Å². The van der Waals surface area contributed by atoms with E-state index in [1.54, 1.807) is 41.9 Å². The van der Waals surface area contributed by atoms with Crippen LogP contribution in [0.3, 0.4) is 0 Å². The summed E-state index contributed by atoms with van der Waals surface area (Å²) in [6, 6.07) is 21.6. The van der Waals surface area contributed by atoms with Gasteiger partial charge in [-0.25, -0.2) is 9.97 Å². The minimum atomic E-state index is -0.380. The fraction of sp³-hybridized carbons (Fsp3) is 0.412. The maximum Gasteiger partial charge on any atom is 0.254 e. The molecule has 1 amide bonds. The number of hydrogen-bond donors (Lipinski definition) is 1. The number of aromatic nitrogens is 6. The Bertz CT molecular complexity index is 2790. The van der Waals surface area contributed by atoms with Gasteiger partial charge >= 0.3 is 0 Å². The van der Waals surface area contributed by atoms with Gasteiger partial charge in [-0.3, -0.25) is 19.3 Å². The molecule has 0 spiro atoms. The molecule has 3 aliphatic rings.